The summed E-state index contributed by atoms with van der Waals surface area (Å²) in [6.45, 7) is 4.00. The summed E-state index contributed by atoms with van der Waals surface area (Å²) in [5.41, 5.74) is 7.96. The minimum absolute atomic E-state index is 0.361. The fourth-order valence-electron chi connectivity index (χ4n) is 1.04. The molecule has 0 spiro atoms. The van der Waals surface area contributed by atoms with E-state index < -0.39 is 6.09 Å². The number of ether oxygens (including phenoxy) is 1. The molecule has 0 fully saturated rings. The van der Waals surface area contributed by atoms with Gasteiger partial charge < -0.3 is 10.5 Å². The predicted octanol–water partition coefficient (Wildman–Crippen LogP) is 2.15. The molecule has 0 bridgehead atoms. The smallest absolute Gasteiger partial charge is 0.411 e. The average Bonchev–Trinajstić information content (AvgIpc) is 2.12. The third-order valence-electron chi connectivity index (χ3n) is 1.79. The second-order valence-electron chi connectivity index (χ2n) is 2.92. The highest BCUT2D eigenvalue weighted by Crippen LogP contribution is 2.16. The maximum absolute atomic E-state index is 11.0. The van der Waals surface area contributed by atoms with Gasteiger partial charge in [0.05, 0.1) is 6.61 Å². The molecule has 0 atom stereocenters. The summed E-state index contributed by atoms with van der Waals surface area (Å²) in [6, 6.07) is 5.28. The summed E-state index contributed by atoms with van der Waals surface area (Å²) in [4.78, 5) is 11.0. The van der Waals surface area contributed by atoms with Crippen LogP contribution in [0.1, 0.15) is 12.5 Å². The molecule has 3 N–H and O–H groups in total. The molecule has 14 heavy (non-hydrogen) atoms. The van der Waals surface area contributed by atoms with Crippen LogP contribution in [-0.2, 0) is 4.74 Å². The van der Waals surface area contributed by atoms with Crippen LogP contribution in [-0.4, -0.2) is 12.7 Å². The number of benzene rings is 1. The molecule has 0 saturated carbocycles. The van der Waals surface area contributed by atoms with E-state index in [0.29, 0.717) is 18.0 Å². The molecular formula is C10H14N2O2. The Labute approximate surface area is 83.1 Å². The van der Waals surface area contributed by atoms with Crippen molar-refractivity contribution >= 4 is 17.5 Å². The molecule has 76 valence electrons. The largest absolute Gasteiger partial charge is 0.450 e. The fourth-order valence-corrected chi connectivity index (χ4v) is 1.04. The van der Waals surface area contributed by atoms with Crippen LogP contribution in [0.3, 0.4) is 0 Å². The Morgan fingerprint density at radius 2 is 2.29 bits per heavy atom. The predicted molar refractivity (Wildman–Crippen MR) is 56.2 cm³/mol. The number of hydrogen-bond donors (Lipinski definition) is 2. The minimum Gasteiger partial charge on any atom is -0.450 e. The van der Waals surface area contributed by atoms with Gasteiger partial charge >= 0.3 is 6.09 Å². The number of rotatable bonds is 2. The lowest BCUT2D eigenvalue weighted by molar-refractivity contribution is 0.168. The fraction of sp³-hybridized carbons (Fsp3) is 0.300. The van der Waals surface area contributed by atoms with E-state index in [2.05, 4.69) is 5.32 Å². The lowest BCUT2D eigenvalue weighted by Gasteiger charge is -2.06. The Bertz CT molecular complexity index is 337. The molecule has 0 heterocycles. The van der Waals surface area contributed by atoms with Crippen molar-refractivity contribution in [1.29, 1.82) is 0 Å². The molecule has 1 rings (SSSR count). The van der Waals surface area contributed by atoms with Gasteiger partial charge in [-0.1, -0.05) is 0 Å². The zero-order valence-corrected chi connectivity index (χ0v) is 8.33. The third kappa shape index (κ3) is 2.65. The van der Waals surface area contributed by atoms with Crippen LogP contribution in [0.25, 0.3) is 0 Å². The first-order valence-corrected chi connectivity index (χ1v) is 4.43. The first-order valence-electron chi connectivity index (χ1n) is 4.43. The monoisotopic (exact) mass is 194 g/mol. The van der Waals surface area contributed by atoms with Crippen LogP contribution in [0, 0.1) is 6.92 Å². The van der Waals surface area contributed by atoms with Gasteiger partial charge in [-0.25, -0.2) is 4.79 Å². The molecule has 0 unspecified atom stereocenters. The number of hydrogen-bond acceptors (Lipinski definition) is 3. The third-order valence-corrected chi connectivity index (χ3v) is 1.79. The number of aryl methyl sites for hydroxylation is 1. The molecule has 0 aliphatic rings. The van der Waals surface area contributed by atoms with Gasteiger partial charge in [0.15, 0.2) is 0 Å². The highest BCUT2D eigenvalue weighted by atomic mass is 16.5. The molecule has 0 radical (unpaired) electrons. The van der Waals surface area contributed by atoms with Gasteiger partial charge in [0.25, 0.3) is 0 Å². The lowest BCUT2D eigenvalue weighted by atomic mass is 10.2. The van der Waals surface area contributed by atoms with Crippen LogP contribution in [0.15, 0.2) is 18.2 Å². The SMILES string of the molecule is CCOC(=O)Nc1ccc(N)c(C)c1. The zero-order chi connectivity index (χ0) is 10.6. The normalized spacial score (nSPS) is 9.57. The van der Waals surface area contributed by atoms with Crippen molar-refractivity contribution < 1.29 is 9.53 Å². The maximum atomic E-state index is 11.0. The molecule has 4 heteroatoms. The molecule has 1 aromatic rings. The first-order chi connectivity index (χ1) is 6.63. The van der Waals surface area contributed by atoms with E-state index in [-0.39, 0.29) is 0 Å². The highest BCUT2D eigenvalue weighted by molar-refractivity contribution is 5.85. The summed E-state index contributed by atoms with van der Waals surface area (Å²) >= 11 is 0. The standard InChI is InChI=1S/C10H14N2O2/c1-3-14-10(13)12-8-4-5-9(11)7(2)6-8/h4-6H,3,11H2,1-2H3,(H,12,13). The number of nitrogen functional groups attached to an aromatic ring is 1. The molecule has 4 nitrogen and oxygen atoms in total. The number of carbonyl (C=O) groups excluding carboxylic acids is 1. The van der Waals surface area contributed by atoms with Crippen molar-refractivity contribution in [1.82, 2.24) is 0 Å². The maximum Gasteiger partial charge on any atom is 0.411 e. The van der Waals surface area contributed by atoms with Crippen molar-refractivity contribution in [2.45, 2.75) is 13.8 Å². The van der Waals surface area contributed by atoms with Crippen molar-refractivity contribution in [3.05, 3.63) is 23.8 Å². The summed E-state index contributed by atoms with van der Waals surface area (Å²) in [5, 5.41) is 2.59. The van der Waals surface area contributed by atoms with Crippen molar-refractivity contribution in [2.75, 3.05) is 17.7 Å². The van der Waals surface area contributed by atoms with Crippen LogP contribution < -0.4 is 11.1 Å². The highest BCUT2D eigenvalue weighted by Gasteiger charge is 2.02. The number of nitrogens with one attached hydrogen (secondary N) is 1. The van der Waals surface area contributed by atoms with E-state index in [9.17, 15) is 4.79 Å². The minimum atomic E-state index is -0.448. The van der Waals surface area contributed by atoms with Crippen LogP contribution in [0.5, 0.6) is 0 Å². The molecule has 1 amide bonds. The van der Waals surface area contributed by atoms with Crippen LogP contribution in [0.4, 0.5) is 16.2 Å². The number of carbonyl (C=O) groups is 1. The summed E-state index contributed by atoms with van der Waals surface area (Å²) in [5.74, 6) is 0. The second-order valence-corrected chi connectivity index (χ2v) is 2.92. The molecular weight excluding hydrogens is 180 g/mol. The van der Waals surface area contributed by atoms with E-state index in [4.69, 9.17) is 10.5 Å². The Morgan fingerprint density at radius 3 is 2.86 bits per heavy atom. The van der Waals surface area contributed by atoms with Crippen molar-refractivity contribution in [2.24, 2.45) is 0 Å². The van der Waals surface area contributed by atoms with E-state index in [1.54, 1.807) is 25.1 Å². The molecule has 0 aliphatic heterocycles. The van der Waals surface area contributed by atoms with Gasteiger partial charge in [-0.15, -0.1) is 0 Å². The molecule has 1 aromatic carbocycles. The van der Waals surface area contributed by atoms with Crippen molar-refractivity contribution in [3.63, 3.8) is 0 Å². The van der Waals surface area contributed by atoms with E-state index in [1.807, 2.05) is 6.92 Å². The Morgan fingerprint density at radius 1 is 1.57 bits per heavy atom. The number of amides is 1. The topological polar surface area (TPSA) is 64.3 Å². The van der Waals surface area contributed by atoms with Gasteiger partial charge in [0, 0.05) is 11.4 Å². The number of anilines is 2. The van der Waals surface area contributed by atoms with E-state index in [0.717, 1.165) is 5.56 Å². The lowest BCUT2D eigenvalue weighted by Crippen LogP contribution is -2.13. The summed E-state index contributed by atoms with van der Waals surface area (Å²) in [7, 11) is 0. The average molecular weight is 194 g/mol. The van der Waals surface area contributed by atoms with Gasteiger partial charge in [-0.05, 0) is 37.6 Å². The quantitative estimate of drug-likeness (QED) is 0.709. The van der Waals surface area contributed by atoms with Gasteiger partial charge in [0.2, 0.25) is 0 Å². The molecule has 0 aromatic heterocycles. The van der Waals surface area contributed by atoms with E-state index >= 15 is 0 Å². The Hall–Kier alpha value is -1.71. The summed E-state index contributed by atoms with van der Waals surface area (Å²) in [6.07, 6.45) is -0.448. The zero-order valence-electron chi connectivity index (χ0n) is 8.33. The molecule has 0 saturated heterocycles. The van der Waals surface area contributed by atoms with E-state index in [1.165, 1.54) is 0 Å². The van der Waals surface area contributed by atoms with Crippen molar-refractivity contribution in [3.8, 4) is 0 Å². The van der Waals surface area contributed by atoms with Gasteiger partial charge in [-0.2, -0.15) is 0 Å². The van der Waals surface area contributed by atoms with Gasteiger partial charge in [-0.3, -0.25) is 5.32 Å². The van der Waals surface area contributed by atoms with Crippen LogP contribution in [0.2, 0.25) is 0 Å². The first kappa shape index (κ1) is 10.4. The molecule has 0 aliphatic carbocycles. The number of nitrogens with two attached hydrogens (primary N) is 1. The summed E-state index contributed by atoms with van der Waals surface area (Å²) < 4.78 is 4.73. The van der Waals surface area contributed by atoms with Gasteiger partial charge in [0.1, 0.15) is 0 Å². The Kier molecular flexibility index (Phi) is 3.34. The van der Waals surface area contributed by atoms with Crippen LogP contribution >= 0.6 is 0 Å². The Balaban J connectivity index is 2.68. The second kappa shape index (κ2) is 4.50.